The first-order chi connectivity index (χ1) is 7.62. The molecular weight excluding hydrogens is 208 g/mol. The Labute approximate surface area is 95.3 Å². The number of carbonyl (C=O) groups excluding carboxylic acids is 2. The summed E-state index contributed by atoms with van der Waals surface area (Å²) in [6, 6.07) is 0. The average Bonchev–Trinajstić information content (AvgIpc) is 2.88. The summed E-state index contributed by atoms with van der Waals surface area (Å²) in [5, 5.41) is 0. The monoisotopic (exact) mass is 226 g/mol. The lowest BCUT2D eigenvalue weighted by molar-refractivity contribution is -0.163. The van der Waals surface area contributed by atoms with Gasteiger partial charge in [-0.2, -0.15) is 0 Å². The quantitative estimate of drug-likeness (QED) is 0.685. The van der Waals surface area contributed by atoms with Crippen LogP contribution in [0.15, 0.2) is 0 Å². The summed E-state index contributed by atoms with van der Waals surface area (Å²) in [5.41, 5.74) is -0.592. The average molecular weight is 226 g/mol. The first kappa shape index (κ1) is 11.4. The molecule has 0 amide bonds. The second-order valence-electron chi connectivity index (χ2n) is 4.98. The summed E-state index contributed by atoms with van der Waals surface area (Å²) < 4.78 is 9.58. The van der Waals surface area contributed by atoms with E-state index in [1.807, 2.05) is 0 Å². The van der Waals surface area contributed by atoms with Crippen molar-refractivity contribution in [3.05, 3.63) is 0 Å². The van der Waals surface area contributed by atoms with Crippen molar-refractivity contribution in [2.75, 3.05) is 14.2 Å². The second-order valence-corrected chi connectivity index (χ2v) is 4.98. The van der Waals surface area contributed by atoms with Gasteiger partial charge in [-0.25, -0.2) is 0 Å². The Morgan fingerprint density at radius 1 is 1.25 bits per heavy atom. The number of rotatable bonds is 3. The van der Waals surface area contributed by atoms with Gasteiger partial charge >= 0.3 is 11.9 Å². The molecule has 2 saturated carbocycles. The highest BCUT2D eigenvalue weighted by Gasteiger charge is 2.57. The van der Waals surface area contributed by atoms with Crippen LogP contribution in [0.25, 0.3) is 0 Å². The van der Waals surface area contributed by atoms with Gasteiger partial charge in [0.05, 0.1) is 26.1 Å². The van der Waals surface area contributed by atoms with E-state index in [4.69, 9.17) is 9.47 Å². The molecule has 2 rings (SSSR count). The summed E-state index contributed by atoms with van der Waals surface area (Å²) in [6.07, 6.45) is 4.25. The molecular formula is C12H18O4. The van der Waals surface area contributed by atoms with Gasteiger partial charge in [0.2, 0.25) is 0 Å². The molecule has 2 fully saturated rings. The molecule has 3 unspecified atom stereocenters. The molecule has 0 aliphatic heterocycles. The minimum Gasteiger partial charge on any atom is -0.469 e. The van der Waals surface area contributed by atoms with E-state index in [2.05, 4.69) is 0 Å². The van der Waals surface area contributed by atoms with E-state index in [1.165, 1.54) is 20.6 Å². The highest BCUT2D eigenvalue weighted by Crippen LogP contribution is 2.58. The Balaban J connectivity index is 2.20. The Morgan fingerprint density at radius 3 is 2.44 bits per heavy atom. The fourth-order valence-corrected chi connectivity index (χ4v) is 3.52. The zero-order chi connectivity index (χ0) is 11.8. The molecule has 0 saturated heterocycles. The third-order valence-corrected chi connectivity index (χ3v) is 4.26. The minimum atomic E-state index is -0.592. The topological polar surface area (TPSA) is 52.6 Å². The molecule has 0 radical (unpaired) electrons. The number of ether oxygens (including phenoxy) is 2. The molecule has 4 heteroatoms. The van der Waals surface area contributed by atoms with E-state index in [1.54, 1.807) is 0 Å². The van der Waals surface area contributed by atoms with Crippen LogP contribution in [-0.2, 0) is 19.1 Å². The van der Waals surface area contributed by atoms with Crippen molar-refractivity contribution in [1.29, 1.82) is 0 Å². The van der Waals surface area contributed by atoms with Gasteiger partial charge < -0.3 is 9.47 Å². The Hall–Kier alpha value is -1.06. The van der Waals surface area contributed by atoms with Crippen molar-refractivity contribution in [1.82, 2.24) is 0 Å². The van der Waals surface area contributed by atoms with Crippen LogP contribution in [0.2, 0.25) is 0 Å². The Bertz CT molecular complexity index is 312. The van der Waals surface area contributed by atoms with Gasteiger partial charge in [0.25, 0.3) is 0 Å². The van der Waals surface area contributed by atoms with Gasteiger partial charge in [-0.05, 0) is 31.1 Å². The summed E-state index contributed by atoms with van der Waals surface area (Å²) in [7, 11) is 2.76. The van der Waals surface area contributed by atoms with Crippen molar-refractivity contribution in [3.63, 3.8) is 0 Å². The van der Waals surface area contributed by atoms with Gasteiger partial charge in [0.1, 0.15) is 0 Å². The maximum atomic E-state index is 11.9. The predicted octanol–water partition coefficient (Wildman–Crippen LogP) is 1.53. The molecule has 0 spiro atoms. The summed E-state index contributed by atoms with van der Waals surface area (Å²) in [6.45, 7) is 0. The molecule has 0 N–H and O–H groups in total. The maximum Gasteiger partial charge on any atom is 0.312 e. The van der Waals surface area contributed by atoms with Gasteiger partial charge in [0, 0.05) is 0 Å². The highest BCUT2D eigenvalue weighted by molar-refractivity contribution is 5.84. The zero-order valence-electron chi connectivity index (χ0n) is 9.82. The van der Waals surface area contributed by atoms with E-state index >= 15 is 0 Å². The molecule has 4 nitrogen and oxygen atoms in total. The molecule has 0 aromatic heterocycles. The molecule has 3 atom stereocenters. The van der Waals surface area contributed by atoms with Crippen LogP contribution in [0.1, 0.15) is 32.1 Å². The van der Waals surface area contributed by atoms with E-state index in [-0.39, 0.29) is 18.4 Å². The van der Waals surface area contributed by atoms with Crippen LogP contribution in [0.3, 0.4) is 0 Å². The van der Waals surface area contributed by atoms with Crippen LogP contribution in [0.5, 0.6) is 0 Å². The second kappa shape index (κ2) is 4.07. The SMILES string of the molecule is COC(=O)CC1(C(=O)OC)CC2CCC1C2. The van der Waals surface area contributed by atoms with E-state index in [9.17, 15) is 9.59 Å². The molecule has 2 aliphatic rings. The Kier molecular flexibility index (Phi) is 2.91. The number of hydrogen-bond donors (Lipinski definition) is 0. The minimum absolute atomic E-state index is 0.178. The first-order valence-corrected chi connectivity index (χ1v) is 5.77. The van der Waals surface area contributed by atoms with Gasteiger partial charge in [-0.3, -0.25) is 9.59 Å². The molecule has 0 aromatic rings. The molecule has 0 heterocycles. The van der Waals surface area contributed by atoms with Crippen molar-refractivity contribution >= 4 is 11.9 Å². The number of hydrogen-bond acceptors (Lipinski definition) is 4. The number of carbonyl (C=O) groups is 2. The number of fused-ring (bicyclic) bond motifs is 2. The number of esters is 2. The zero-order valence-corrected chi connectivity index (χ0v) is 9.82. The highest BCUT2D eigenvalue weighted by atomic mass is 16.5. The lowest BCUT2D eigenvalue weighted by atomic mass is 9.71. The molecule has 2 aliphatic carbocycles. The smallest absolute Gasteiger partial charge is 0.312 e. The van der Waals surface area contributed by atoms with Crippen molar-refractivity contribution in [3.8, 4) is 0 Å². The van der Waals surface area contributed by atoms with Crippen LogP contribution in [-0.4, -0.2) is 26.2 Å². The van der Waals surface area contributed by atoms with Gasteiger partial charge in [-0.15, -0.1) is 0 Å². The third kappa shape index (κ3) is 1.60. The van der Waals surface area contributed by atoms with Crippen molar-refractivity contribution in [2.24, 2.45) is 17.3 Å². The van der Waals surface area contributed by atoms with Gasteiger partial charge in [-0.1, -0.05) is 6.42 Å². The van der Waals surface area contributed by atoms with E-state index < -0.39 is 5.41 Å². The van der Waals surface area contributed by atoms with Crippen molar-refractivity contribution in [2.45, 2.75) is 32.1 Å². The largest absolute Gasteiger partial charge is 0.469 e. The van der Waals surface area contributed by atoms with Gasteiger partial charge in [0.15, 0.2) is 0 Å². The molecule has 90 valence electrons. The van der Waals surface area contributed by atoms with E-state index in [0.29, 0.717) is 11.8 Å². The maximum absolute atomic E-state index is 11.9. The fraction of sp³-hybridized carbons (Fsp3) is 0.833. The molecule has 2 bridgehead atoms. The van der Waals surface area contributed by atoms with Crippen molar-refractivity contribution < 1.29 is 19.1 Å². The lowest BCUT2D eigenvalue weighted by Gasteiger charge is -2.33. The summed E-state index contributed by atoms with van der Waals surface area (Å²) >= 11 is 0. The third-order valence-electron chi connectivity index (χ3n) is 4.26. The fourth-order valence-electron chi connectivity index (χ4n) is 3.52. The predicted molar refractivity (Wildman–Crippen MR) is 56.5 cm³/mol. The molecule has 16 heavy (non-hydrogen) atoms. The summed E-state index contributed by atoms with van der Waals surface area (Å²) in [5.74, 6) is 0.362. The van der Waals surface area contributed by atoms with Crippen LogP contribution in [0, 0.1) is 17.3 Å². The van der Waals surface area contributed by atoms with Crippen LogP contribution < -0.4 is 0 Å². The normalized spacial score (nSPS) is 36.1. The standard InChI is InChI=1S/C12H18O4/c1-15-10(13)7-12(11(14)16-2)6-8-3-4-9(12)5-8/h8-9H,3-7H2,1-2H3. The number of methoxy groups -OCH3 is 2. The van der Waals surface area contributed by atoms with Crippen LogP contribution >= 0.6 is 0 Å². The first-order valence-electron chi connectivity index (χ1n) is 5.77. The lowest BCUT2D eigenvalue weighted by Crippen LogP contribution is -2.39. The summed E-state index contributed by atoms with van der Waals surface area (Å²) in [4.78, 5) is 23.4. The van der Waals surface area contributed by atoms with E-state index in [0.717, 1.165) is 19.3 Å². The Morgan fingerprint density at radius 2 is 2.00 bits per heavy atom. The molecule has 0 aromatic carbocycles. The van der Waals surface area contributed by atoms with Crippen LogP contribution in [0.4, 0.5) is 0 Å².